The van der Waals surface area contributed by atoms with Crippen LogP contribution in [0.1, 0.15) is 31.4 Å². The van der Waals surface area contributed by atoms with E-state index in [0.717, 1.165) is 6.54 Å². The maximum atomic E-state index is 5.82. The normalized spacial score (nSPS) is 23.6. The lowest BCUT2D eigenvalue weighted by Gasteiger charge is -2.30. The van der Waals surface area contributed by atoms with Crippen LogP contribution in [0.5, 0.6) is 0 Å². The topological polar surface area (TPSA) is 29.3 Å². The van der Waals surface area contributed by atoms with Gasteiger partial charge < -0.3 is 5.73 Å². The fourth-order valence-corrected chi connectivity index (χ4v) is 2.91. The SMILES string of the molecule is CC(c1ccc(I)cc1)N1CCCC1CN. The second kappa shape index (κ2) is 5.47. The molecule has 0 bridgehead atoms. The van der Waals surface area contributed by atoms with Crippen LogP contribution in [0.4, 0.5) is 0 Å². The lowest BCUT2D eigenvalue weighted by atomic mass is 10.1. The Kier molecular flexibility index (Phi) is 4.21. The van der Waals surface area contributed by atoms with E-state index in [1.54, 1.807) is 0 Å². The minimum atomic E-state index is 0.494. The minimum Gasteiger partial charge on any atom is -0.329 e. The van der Waals surface area contributed by atoms with Crippen molar-refractivity contribution in [1.29, 1.82) is 0 Å². The second-order valence-electron chi connectivity index (χ2n) is 4.50. The fourth-order valence-electron chi connectivity index (χ4n) is 2.55. The molecule has 0 spiro atoms. The molecule has 1 aliphatic rings. The summed E-state index contributed by atoms with van der Waals surface area (Å²) in [5, 5.41) is 0. The van der Waals surface area contributed by atoms with Gasteiger partial charge in [-0.05, 0) is 66.6 Å². The molecule has 1 saturated heterocycles. The number of halogens is 1. The predicted octanol–water partition coefficient (Wildman–Crippen LogP) is 2.78. The Morgan fingerprint density at radius 1 is 1.44 bits per heavy atom. The van der Waals surface area contributed by atoms with Crippen molar-refractivity contribution in [3.05, 3.63) is 33.4 Å². The van der Waals surface area contributed by atoms with E-state index in [9.17, 15) is 0 Å². The van der Waals surface area contributed by atoms with Gasteiger partial charge in [0.05, 0.1) is 0 Å². The number of hydrogen-bond acceptors (Lipinski definition) is 2. The first kappa shape index (κ1) is 12.3. The average Bonchev–Trinajstić information content (AvgIpc) is 2.77. The third-order valence-corrected chi connectivity index (χ3v) is 4.26. The summed E-state index contributed by atoms with van der Waals surface area (Å²) in [5.74, 6) is 0. The van der Waals surface area contributed by atoms with Crippen LogP contribution in [0.2, 0.25) is 0 Å². The van der Waals surface area contributed by atoms with Gasteiger partial charge in [-0.1, -0.05) is 12.1 Å². The van der Waals surface area contributed by atoms with Crippen LogP contribution in [0, 0.1) is 3.57 Å². The smallest absolute Gasteiger partial charge is 0.0323 e. The van der Waals surface area contributed by atoms with E-state index >= 15 is 0 Å². The zero-order chi connectivity index (χ0) is 11.5. The number of hydrogen-bond donors (Lipinski definition) is 1. The van der Waals surface area contributed by atoms with Gasteiger partial charge in [0, 0.05) is 22.2 Å². The van der Waals surface area contributed by atoms with Crippen LogP contribution in [-0.2, 0) is 0 Å². The molecule has 1 aromatic carbocycles. The van der Waals surface area contributed by atoms with E-state index in [4.69, 9.17) is 5.73 Å². The van der Waals surface area contributed by atoms with E-state index in [1.165, 1.54) is 28.5 Å². The molecule has 2 nitrogen and oxygen atoms in total. The molecule has 1 aromatic rings. The van der Waals surface area contributed by atoms with Crippen molar-refractivity contribution in [2.45, 2.75) is 31.8 Å². The highest BCUT2D eigenvalue weighted by atomic mass is 127. The molecule has 2 rings (SSSR count). The fraction of sp³-hybridized carbons (Fsp3) is 0.538. The Hall–Kier alpha value is -0.130. The Labute approximate surface area is 111 Å². The Bertz CT molecular complexity index is 336. The average molecular weight is 330 g/mol. The molecule has 0 amide bonds. The van der Waals surface area contributed by atoms with E-state index < -0.39 is 0 Å². The zero-order valence-electron chi connectivity index (χ0n) is 9.70. The molecule has 0 aliphatic carbocycles. The van der Waals surface area contributed by atoms with Gasteiger partial charge in [-0.2, -0.15) is 0 Å². The van der Waals surface area contributed by atoms with Gasteiger partial charge in [0.25, 0.3) is 0 Å². The monoisotopic (exact) mass is 330 g/mol. The summed E-state index contributed by atoms with van der Waals surface area (Å²) < 4.78 is 1.30. The van der Waals surface area contributed by atoms with Crippen LogP contribution >= 0.6 is 22.6 Å². The van der Waals surface area contributed by atoms with Gasteiger partial charge >= 0.3 is 0 Å². The molecular weight excluding hydrogens is 311 g/mol. The van der Waals surface area contributed by atoms with Gasteiger partial charge in [0.2, 0.25) is 0 Å². The highest BCUT2D eigenvalue weighted by Gasteiger charge is 2.27. The quantitative estimate of drug-likeness (QED) is 0.864. The number of likely N-dealkylation sites (tertiary alicyclic amines) is 1. The van der Waals surface area contributed by atoms with Crippen molar-refractivity contribution in [2.75, 3.05) is 13.1 Å². The molecule has 0 aromatic heterocycles. The number of nitrogens with two attached hydrogens (primary N) is 1. The van der Waals surface area contributed by atoms with Crippen LogP contribution in [0.3, 0.4) is 0 Å². The Morgan fingerprint density at radius 2 is 2.12 bits per heavy atom. The third-order valence-electron chi connectivity index (χ3n) is 3.54. The summed E-state index contributed by atoms with van der Waals surface area (Å²) in [6, 6.07) is 9.90. The summed E-state index contributed by atoms with van der Waals surface area (Å²) in [7, 11) is 0. The van der Waals surface area contributed by atoms with Gasteiger partial charge in [-0.15, -0.1) is 0 Å². The van der Waals surface area contributed by atoms with Crippen molar-refractivity contribution in [1.82, 2.24) is 4.90 Å². The molecule has 1 aliphatic heterocycles. The lowest BCUT2D eigenvalue weighted by molar-refractivity contribution is 0.197. The number of nitrogens with zero attached hydrogens (tertiary/aromatic N) is 1. The van der Waals surface area contributed by atoms with E-state index in [0.29, 0.717) is 12.1 Å². The first-order valence-electron chi connectivity index (χ1n) is 5.93. The highest BCUT2D eigenvalue weighted by molar-refractivity contribution is 14.1. The molecule has 3 heteroatoms. The highest BCUT2D eigenvalue weighted by Crippen LogP contribution is 2.28. The summed E-state index contributed by atoms with van der Waals surface area (Å²) in [4.78, 5) is 2.54. The molecule has 2 unspecified atom stereocenters. The van der Waals surface area contributed by atoms with Gasteiger partial charge in [0.15, 0.2) is 0 Å². The van der Waals surface area contributed by atoms with Crippen LogP contribution in [-0.4, -0.2) is 24.0 Å². The maximum absolute atomic E-state index is 5.82. The standard InChI is InChI=1S/C13H19IN2/c1-10(11-4-6-12(14)7-5-11)16-8-2-3-13(16)9-15/h4-7,10,13H,2-3,8-9,15H2,1H3. The molecule has 16 heavy (non-hydrogen) atoms. The summed E-state index contributed by atoms with van der Waals surface area (Å²) in [6.07, 6.45) is 2.54. The molecule has 88 valence electrons. The summed E-state index contributed by atoms with van der Waals surface area (Å²) in [5.41, 5.74) is 7.22. The summed E-state index contributed by atoms with van der Waals surface area (Å²) >= 11 is 2.35. The molecule has 2 N–H and O–H groups in total. The van der Waals surface area contributed by atoms with Crippen molar-refractivity contribution in [2.24, 2.45) is 5.73 Å². The number of rotatable bonds is 3. The molecule has 0 radical (unpaired) electrons. The van der Waals surface area contributed by atoms with Crippen LogP contribution < -0.4 is 5.73 Å². The molecule has 0 saturated carbocycles. The second-order valence-corrected chi connectivity index (χ2v) is 5.74. The third kappa shape index (κ3) is 2.57. The zero-order valence-corrected chi connectivity index (χ0v) is 11.9. The Morgan fingerprint density at radius 3 is 2.75 bits per heavy atom. The maximum Gasteiger partial charge on any atom is 0.0323 e. The van der Waals surface area contributed by atoms with Crippen molar-refractivity contribution < 1.29 is 0 Å². The van der Waals surface area contributed by atoms with Crippen molar-refractivity contribution in [3.8, 4) is 0 Å². The Balaban J connectivity index is 2.12. The first-order valence-corrected chi connectivity index (χ1v) is 7.01. The van der Waals surface area contributed by atoms with E-state index in [1.807, 2.05) is 0 Å². The lowest BCUT2D eigenvalue weighted by Crippen LogP contribution is -2.37. The van der Waals surface area contributed by atoms with Gasteiger partial charge in [0.1, 0.15) is 0 Å². The molecule has 1 fully saturated rings. The van der Waals surface area contributed by atoms with Crippen molar-refractivity contribution >= 4 is 22.6 Å². The molecule has 1 heterocycles. The molecular formula is C13H19IN2. The molecule has 2 atom stereocenters. The first-order chi connectivity index (χ1) is 7.72. The van der Waals surface area contributed by atoms with E-state index in [2.05, 4.69) is 58.7 Å². The van der Waals surface area contributed by atoms with Crippen LogP contribution in [0.15, 0.2) is 24.3 Å². The van der Waals surface area contributed by atoms with Crippen LogP contribution in [0.25, 0.3) is 0 Å². The largest absolute Gasteiger partial charge is 0.329 e. The van der Waals surface area contributed by atoms with Crippen molar-refractivity contribution in [3.63, 3.8) is 0 Å². The predicted molar refractivity (Wildman–Crippen MR) is 76.4 cm³/mol. The van der Waals surface area contributed by atoms with Gasteiger partial charge in [-0.3, -0.25) is 4.90 Å². The minimum absolute atomic E-state index is 0.494. The van der Waals surface area contributed by atoms with Gasteiger partial charge in [-0.25, -0.2) is 0 Å². The van der Waals surface area contributed by atoms with E-state index in [-0.39, 0.29) is 0 Å². The number of benzene rings is 1. The summed E-state index contributed by atoms with van der Waals surface area (Å²) in [6.45, 7) is 4.26.